The minimum Gasteiger partial charge on any atom is -0.256 e. The first kappa shape index (κ1) is 29.8. The monoisotopic (exact) mass is 662 g/mol. The Balaban J connectivity index is 1.29. The summed E-state index contributed by atoms with van der Waals surface area (Å²) in [5, 5.41) is 9.92. The van der Waals surface area contributed by atoms with Gasteiger partial charge in [-0.2, -0.15) is 0 Å². The molecule has 4 nitrogen and oxygen atoms in total. The van der Waals surface area contributed by atoms with E-state index in [0.29, 0.717) is 17.5 Å². The van der Waals surface area contributed by atoms with E-state index in [1.54, 1.807) is 0 Å². The van der Waals surface area contributed by atoms with Gasteiger partial charge in [0.2, 0.25) is 0 Å². The van der Waals surface area contributed by atoms with Crippen molar-refractivity contribution in [3.8, 4) is 56.5 Å². The molecule has 0 saturated heterocycles. The van der Waals surface area contributed by atoms with E-state index in [1.807, 2.05) is 79.0 Å². The molecule has 10 rings (SSSR count). The topological polar surface area (TPSA) is 51.6 Å². The van der Waals surface area contributed by atoms with Crippen LogP contribution in [-0.4, -0.2) is 19.9 Å². The summed E-state index contributed by atoms with van der Waals surface area (Å²) in [7, 11) is 0. The van der Waals surface area contributed by atoms with Crippen LogP contribution in [0.5, 0.6) is 0 Å². The quantitative estimate of drug-likeness (QED) is 0.172. The fourth-order valence-electron chi connectivity index (χ4n) is 7.54. The molecule has 0 saturated carbocycles. The third-order valence-electron chi connectivity index (χ3n) is 9.91. The summed E-state index contributed by atoms with van der Waals surface area (Å²) in [6.45, 7) is 0. The van der Waals surface area contributed by atoms with Gasteiger partial charge in [-0.25, -0.2) is 15.0 Å². The Bertz CT molecular complexity index is 2880. The van der Waals surface area contributed by atoms with Crippen molar-refractivity contribution in [3.05, 3.63) is 182 Å². The second-order valence-corrected chi connectivity index (χ2v) is 13.0. The van der Waals surface area contributed by atoms with Crippen molar-refractivity contribution in [2.24, 2.45) is 0 Å². The fourth-order valence-corrected chi connectivity index (χ4v) is 7.54. The lowest BCUT2D eigenvalue weighted by Crippen LogP contribution is -2.00. The molecular formula is C48H30N4. The normalized spacial score (nSPS) is 11.5. The summed E-state index contributed by atoms with van der Waals surface area (Å²) >= 11 is 0. The van der Waals surface area contributed by atoms with E-state index < -0.39 is 0 Å². The maximum atomic E-state index is 5.11. The highest BCUT2D eigenvalue weighted by atomic mass is 15.0. The Morgan fingerprint density at radius 1 is 0.288 bits per heavy atom. The number of benzene rings is 8. The van der Waals surface area contributed by atoms with Crippen LogP contribution in [0.25, 0.3) is 99.6 Å². The summed E-state index contributed by atoms with van der Waals surface area (Å²) in [6.07, 6.45) is 1.84. The van der Waals surface area contributed by atoms with E-state index >= 15 is 0 Å². The molecule has 0 aliphatic carbocycles. The van der Waals surface area contributed by atoms with E-state index in [0.717, 1.165) is 39.1 Å². The number of fused-ring (bicyclic) bond motifs is 8. The van der Waals surface area contributed by atoms with E-state index in [2.05, 4.69) is 103 Å². The van der Waals surface area contributed by atoms with E-state index in [9.17, 15) is 0 Å². The summed E-state index contributed by atoms with van der Waals surface area (Å²) in [6, 6.07) is 61.6. The molecule has 10 aromatic rings. The summed E-state index contributed by atoms with van der Waals surface area (Å²) in [5.41, 5.74) is 6.84. The molecule has 0 unspecified atom stereocenters. The van der Waals surface area contributed by atoms with Crippen molar-refractivity contribution in [1.82, 2.24) is 19.9 Å². The standard InChI is InChI=1S/C48H30N4/c1-3-15-31(16-4-1)46-50-47(32-17-5-2-6-18-32)52-48(51-46)35-28-33(27-34(29-35)44-25-13-14-26-49-44)42-30-43-38-21-8-7-19-36(38)37-20-9-11-23-40(37)45(43)41-24-12-10-22-39(41)42/h1-30H. The van der Waals surface area contributed by atoms with Gasteiger partial charge in [0.25, 0.3) is 0 Å². The number of hydrogen-bond acceptors (Lipinski definition) is 4. The molecule has 0 amide bonds. The number of pyridine rings is 1. The zero-order chi connectivity index (χ0) is 34.4. The maximum absolute atomic E-state index is 5.11. The lowest BCUT2D eigenvalue weighted by atomic mass is 9.86. The maximum Gasteiger partial charge on any atom is 0.164 e. The lowest BCUT2D eigenvalue weighted by Gasteiger charge is -2.17. The molecule has 0 aliphatic rings. The van der Waals surface area contributed by atoms with Gasteiger partial charge in [0.15, 0.2) is 17.5 Å². The molecule has 4 heteroatoms. The average molecular weight is 663 g/mol. The van der Waals surface area contributed by atoms with Gasteiger partial charge in [0.1, 0.15) is 0 Å². The molecule has 0 fully saturated rings. The molecule has 0 atom stereocenters. The minimum atomic E-state index is 0.605. The molecule has 8 aromatic carbocycles. The van der Waals surface area contributed by atoms with Crippen molar-refractivity contribution in [2.75, 3.05) is 0 Å². The number of rotatable bonds is 5. The molecule has 0 N–H and O–H groups in total. The molecule has 0 bridgehead atoms. The van der Waals surface area contributed by atoms with E-state index in [1.165, 1.54) is 43.1 Å². The van der Waals surface area contributed by atoms with Gasteiger partial charge in [-0.3, -0.25) is 4.98 Å². The molecule has 2 heterocycles. The van der Waals surface area contributed by atoms with Crippen molar-refractivity contribution < 1.29 is 0 Å². The van der Waals surface area contributed by atoms with Crippen LogP contribution in [0.3, 0.4) is 0 Å². The third kappa shape index (κ3) is 5.09. The van der Waals surface area contributed by atoms with Crippen LogP contribution in [0.15, 0.2) is 182 Å². The zero-order valence-corrected chi connectivity index (χ0v) is 28.1. The molecule has 0 radical (unpaired) electrons. The first-order chi connectivity index (χ1) is 25.8. The number of aromatic nitrogens is 4. The third-order valence-corrected chi connectivity index (χ3v) is 9.91. The molecule has 242 valence electrons. The molecule has 52 heavy (non-hydrogen) atoms. The van der Waals surface area contributed by atoms with Gasteiger partial charge in [-0.05, 0) is 90.6 Å². The first-order valence-electron chi connectivity index (χ1n) is 17.5. The first-order valence-corrected chi connectivity index (χ1v) is 17.5. The van der Waals surface area contributed by atoms with E-state index in [-0.39, 0.29) is 0 Å². The fraction of sp³-hybridized carbons (Fsp3) is 0. The molecular weight excluding hydrogens is 633 g/mol. The van der Waals surface area contributed by atoms with Crippen molar-refractivity contribution in [3.63, 3.8) is 0 Å². The van der Waals surface area contributed by atoms with Gasteiger partial charge in [0.05, 0.1) is 5.69 Å². The zero-order valence-electron chi connectivity index (χ0n) is 28.1. The molecule has 0 aliphatic heterocycles. The van der Waals surface area contributed by atoms with Gasteiger partial charge >= 0.3 is 0 Å². The van der Waals surface area contributed by atoms with Crippen LogP contribution in [0.1, 0.15) is 0 Å². The number of hydrogen-bond donors (Lipinski definition) is 0. The Hall–Kier alpha value is -7.04. The van der Waals surface area contributed by atoms with Crippen LogP contribution < -0.4 is 0 Å². The predicted octanol–water partition coefficient (Wildman–Crippen LogP) is 12.2. The van der Waals surface area contributed by atoms with Crippen molar-refractivity contribution in [2.45, 2.75) is 0 Å². The summed E-state index contributed by atoms with van der Waals surface area (Å²) in [5.74, 6) is 1.86. The second kappa shape index (κ2) is 12.4. The summed E-state index contributed by atoms with van der Waals surface area (Å²) in [4.78, 5) is 20.0. The van der Waals surface area contributed by atoms with Gasteiger partial charge in [-0.15, -0.1) is 0 Å². The van der Waals surface area contributed by atoms with Gasteiger partial charge in [-0.1, -0.05) is 140 Å². The predicted molar refractivity (Wildman–Crippen MR) is 215 cm³/mol. The largest absolute Gasteiger partial charge is 0.256 e. The van der Waals surface area contributed by atoms with Gasteiger partial charge in [0, 0.05) is 28.5 Å². The Morgan fingerprint density at radius 3 is 1.33 bits per heavy atom. The Labute approximate surface area is 300 Å². The average Bonchev–Trinajstić information content (AvgIpc) is 3.24. The Morgan fingerprint density at radius 2 is 0.731 bits per heavy atom. The minimum absolute atomic E-state index is 0.605. The van der Waals surface area contributed by atoms with Crippen LogP contribution in [0.2, 0.25) is 0 Å². The highest BCUT2D eigenvalue weighted by molar-refractivity contribution is 6.33. The second-order valence-electron chi connectivity index (χ2n) is 13.0. The Kier molecular flexibility index (Phi) is 7.10. The van der Waals surface area contributed by atoms with E-state index in [4.69, 9.17) is 19.9 Å². The SMILES string of the molecule is c1ccc(-c2nc(-c3ccccc3)nc(-c3cc(-c4ccccn4)cc(-c4cc5c6ccccc6c6ccccc6c5c5ccccc45)c3)n2)cc1. The van der Waals surface area contributed by atoms with Crippen LogP contribution in [-0.2, 0) is 0 Å². The number of nitrogens with zero attached hydrogens (tertiary/aromatic N) is 4. The van der Waals surface area contributed by atoms with Crippen LogP contribution in [0, 0.1) is 0 Å². The highest BCUT2D eigenvalue weighted by Crippen LogP contribution is 2.44. The van der Waals surface area contributed by atoms with Crippen LogP contribution in [0.4, 0.5) is 0 Å². The smallest absolute Gasteiger partial charge is 0.164 e. The van der Waals surface area contributed by atoms with Gasteiger partial charge < -0.3 is 0 Å². The lowest BCUT2D eigenvalue weighted by molar-refractivity contribution is 1.07. The highest BCUT2D eigenvalue weighted by Gasteiger charge is 2.18. The van der Waals surface area contributed by atoms with Crippen LogP contribution >= 0.6 is 0 Å². The molecule has 0 spiro atoms. The van der Waals surface area contributed by atoms with Crippen molar-refractivity contribution >= 4 is 43.1 Å². The van der Waals surface area contributed by atoms with Crippen molar-refractivity contribution in [1.29, 1.82) is 0 Å². The summed E-state index contributed by atoms with van der Waals surface area (Å²) < 4.78 is 0. The molecule has 2 aromatic heterocycles.